The Hall–Kier alpha value is -3.55. The first-order valence-corrected chi connectivity index (χ1v) is 9.78. The molecule has 0 N–H and O–H groups in total. The van der Waals surface area contributed by atoms with Gasteiger partial charge in [0.25, 0.3) is 5.91 Å². The lowest BCUT2D eigenvalue weighted by Gasteiger charge is -2.34. The summed E-state index contributed by atoms with van der Waals surface area (Å²) in [6.45, 7) is 3.49. The van der Waals surface area contributed by atoms with Gasteiger partial charge in [0.05, 0.1) is 0 Å². The molecular weight excluding hydrogens is 366 g/mol. The van der Waals surface area contributed by atoms with Gasteiger partial charge in [0.2, 0.25) is 5.95 Å². The zero-order chi connectivity index (χ0) is 19.6. The second kappa shape index (κ2) is 7.46. The number of hydrogen-bond donors (Lipinski definition) is 0. The Morgan fingerprint density at radius 3 is 2.48 bits per heavy atom. The van der Waals surface area contributed by atoms with Crippen LogP contribution in [0, 0.1) is 0 Å². The molecule has 0 aliphatic carbocycles. The molecule has 1 fully saturated rings. The third kappa shape index (κ3) is 3.37. The van der Waals surface area contributed by atoms with Crippen molar-refractivity contribution in [2.45, 2.75) is 6.42 Å². The summed E-state index contributed by atoms with van der Waals surface area (Å²) in [6.07, 6.45) is 5.93. The van der Waals surface area contributed by atoms with Crippen LogP contribution in [0.1, 0.15) is 16.1 Å². The van der Waals surface area contributed by atoms with Crippen molar-refractivity contribution < 1.29 is 4.79 Å². The number of piperazine rings is 1. The van der Waals surface area contributed by atoms with Gasteiger partial charge in [-0.2, -0.15) is 0 Å². The molecule has 8 nitrogen and oxygen atoms in total. The van der Waals surface area contributed by atoms with Crippen LogP contribution in [-0.4, -0.2) is 63.5 Å². The van der Waals surface area contributed by atoms with Crippen LogP contribution in [0.25, 0.3) is 0 Å². The number of nitrogens with zero attached hydrogens (tertiary/aromatic N) is 7. The van der Waals surface area contributed by atoms with Gasteiger partial charge >= 0.3 is 0 Å². The van der Waals surface area contributed by atoms with Gasteiger partial charge in [-0.25, -0.2) is 19.9 Å². The van der Waals surface area contributed by atoms with E-state index in [1.165, 1.54) is 11.9 Å². The lowest BCUT2D eigenvalue weighted by atomic mass is 10.2. The van der Waals surface area contributed by atoms with Gasteiger partial charge < -0.3 is 14.7 Å². The second-order valence-corrected chi connectivity index (χ2v) is 7.12. The van der Waals surface area contributed by atoms with Crippen LogP contribution in [0.3, 0.4) is 0 Å². The van der Waals surface area contributed by atoms with Gasteiger partial charge in [0, 0.05) is 56.9 Å². The van der Waals surface area contributed by atoms with E-state index in [0.29, 0.717) is 37.8 Å². The van der Waals surface area contributed by atoms with Crippen molar-refractivity contribution in [1.82, 2.24) is 24.8 Å². The number of amides is 1. The first-order chi connectivity index (χ1) is 14.3. The average molecular weight is 387 g/mol. The monoisotopic (exact) mass is 387 g/mol. The molecule has 2 aliphatic heterocycles. The second-order valence-electron chi connectivity index (χ2n) is 7.12. The van der Waals surface area contributed by atoms with Crippen LogP contribution in [0.2, 0.25) is 0 Å². The van der Waals surface area contributed by atoms with E-state index in [1.54, 1.807) is 24.5 Å². The predicted octanol–water partition coefficient (Wildman–Crippen LogP) is 1.92. The SMILES string of the molecule is O=C(c1cc(N2CCc3ccccc32)ncn1)N1CCN(c2ncccn2)CC1. The highest BCUT2D eigenvalue weighted by Gasteiger charge is 2.26. The van der Waals surface area contributed by atoms with Gasteiger partial charge in [-0.1, -0.05) is 18.2 Å². The summed E-state index contributed by atoms with van der Waals surface area (Å²) in [5.41, 5.74) is 2.89. The summed E-state index contributed by atoms with van der Waals surface area (Å²) < 4.78 is 0. The Morgan fingerprint density at radius 1 is 0.862 bits per heavy atom. The zero-order valence-corrected chi connectivity index (χ0v) is 16.0. The molecule has 29 heavy (non-hydrogen) atoms. The number of para-hydroxylation sites is 1. The third-order valence-corrected chi connectivity index (χ3v) is 5.44. The number of rotatable bonds is 3. The van der Waals surface area contributed by atoms with Crippen LogP contribution < -0.4 is 9.80 Å². The molecule has 1 saturated heterocycles. The minimum Gasteiger partial charge on any atom is -0.337 e. The normalized spacial score (nSPS) is 16.1. The van der Waals surface area contributed by atoms with E-state index in [9.17, 15) is 4.79 Å². The van der Waals surface area contributed by atoms with E-state index in [-0.39, 0.29) is 5.91 Å². The predicted molar refractivity (Wildman–Crippen MR) is 109 cm³/mol. The largest absolute Gasteiger partial charge is 0.337 e. The average Bonchev–Trinajstić information content (AvgIpc) is 3.24. The van der Waals surface area contributed by atoms with E-state index in [0.717, 1.165) is 24.5 Å². The number of benzene rings is 1. The number of carbonyl (C=O) groups is 1. The molecule has 2 aromatic heterocycles. The molecule has 2 aliphatic rings. The summed E-state index contributed by atoms with van der Waals surface area (Å²) in [7, 11) is 0. The molecule has 146 valence electrons. The summed E-state index contributed by atoms with van der Waals surface area (Å²) in [6, 6.07) is 11.9. The smallest absolute Gasteiger partial charge is 0.272 e. The van der Waals surface area contributed by atoms with Crippen LogP contribution in [0.4, 0.5) is 17.5 Å². The van der Waals surface area contributed by atoms with Crippen molar-refractivity contribution in [3.8, 4) is 0 Å². The number of carbonyl (C=O) groups excluding carboxylic acids is 1. The minimum atomic E-state index is -0.0604. The van der Waals surface area contributed by atoms with Gasteiger partial charge in [-0.15, -0.1) is 0 Å². The zero-order valence-electron chi connectivity index (χ0n) is 16.0. The van der Waals surface area contributed by atoms with Crippen LogP contribution in [-0.2, 0) is 6.42 Å². The molecule has 1 amide bonds. The van der Waals surface area contributed by atoms with E-state index in [2.05, 4.69) is 47.9 Å². The molecule has 4 heterocycles. The summed E-state index contributed by atoms with van der Waals surface area (Å²) in [5.74, 6) is 1.41. The van der Waals surface area contributed by atoms with E-state index < -0.39 is 0 Å². The fourth-order valence-corrected chi connectivity index (χ4v) is 3.91. The maximum absolute atomic E-state index is 13.0. The number of anilines is 3. The minimum absolute atomic E-state index is 0.0604. The molecular formula is C21H21N7O. The van der Waals surface area contributed by atoms with Crippen molar-refractivity contribution in [2.24, 2.45) is 0 Å². The Kier molecular flexibility index (Phi) is 4.51. The molecule has 0 spiro atoms. The lowest BCUT2D eigenvalue weighted by Crippen LogP contribution is -2.49. The topological polar surface area (TPSA) is 78.4 Å². The molecule has 1 aromatic carbocycles. The van der Waals surface area contributed by atoms with Gasteiger partial charge in [-0.3, -0.25) is 4.79 Å². The van der Waals surface area contributed by atoms with Crippen molar-refractivity contribution in [2.75, 3.05) is 42.5 Å². The van der Waals surface area contributed by atoms with Gasteiger partial charge in [-0.05, 0) is 24.1 Å². The molecule has 0 saturated carbocycles. The summed E-state index contributed by atoms with van der Waals surface area (Å²) in [5, 5.41) is 0. The highest BCUT2D eigenvalue weighted by molar-refractivity contribution is 5.93. The summed E-state index contributed by atoms with van der Waals surface area (Å²) >= 11 is 0. The molecule has 0 bridgehead atoms. The van der Waals surface area contributed by atoms with E-state index >= 15 is 0 Å². The fraction of sp³-hybridized carbons (Fsp3) is 0.286. The molecule has 0 radical (unpaired) electrons. The Balaban J connectivity index is 1.30. The number of fused-ring (bicyclic) bond motifs is 1. The Morgan fingerprint density at radius 2 is 1.66 bits per heavy atom. The molecule has 3 aromatic rings. The van der Waals surface area contributed by atoms with Crippen LogP contribution >= 0.6 is 0 Å². The maximum Gasteiger partial charge on any atom is 0.272 e. The quantitative estimate of drug-likeness (QED) is 0.679. The van der Waals surface area contributed by atoms with E-state index in [4.69, 9.17) is 0 Å². The molecule has 8 heteroatoms. The lowest BCUT2D eigenvalue weighted by molar-refractivity contribution is 0.0740. The van der Waals surface area contributed by atoms with Crippen molar-refractivity contribution in [1.29, 1.82) is 0 Å². The number of hydrogen-bond acceptors (Lipinski definition) is 7. The Labute approximate surface area is 168 Å². The van der Waals surface area contributed by atoms with Gasteiger partial charge in [0.1, 0.15) is 17.8 Å². The van der Waals surface area contributed by atoms with Crippen molar-refractivity contribution >= 4 is 23.4 Å². The highest BCUT2D eigenvalue weighted by atomic mass is 16.2. The molecule has 0 atom stereocenters. The van der Waals surface area contributed by atoms with Crippen LogP contribution in [0.15, 0.2) is 55.1 Å². The Bertz CT molecular complexity index is 1020. The van der Waals surface area contributed by atoms with E-state index in [1.807, 2.05) is 11.0 Å². The molecule has 0 unspecified atom stereocenters. The standard InChI is InChI=1S/C21H21N7O/c29-20(26-10-12-27(13-11-26)21-22-7-3-8-23-21)17-14-19(25-15-24-17)28-9-6-16-4-1-2-5-18(16)28/h1-5,7-8,14-15H,6,9-13H2. The highest BCUT2D eigenvalue weighted by Crippen LogP contribution is 2.33. The first-order valence-electron chi connectivity index (χ1n) is 9.78. The first kappa shape index (κ1) is 17.5. The maximum atomic E-state index is 13.0. The van der Waals surface area contributed by atoms with Crippen molar-refractivity contribution in [3.63, 3.8) is 0 Å². The fourth-order valence-electron chi connectivity index (χ4n) is 3.91. The van der Waals surface area contributed by atoms with Crippen LogP contribution in [0.5, 0.6) is 0 Å². The third-order valence-electron chi connectivity index (χ3n) is 5.44. The number of aromatic nitrogens is 4. The molecule has 5 rings (SSSR count). The van der Waals surface area contributed by atoms with Gasteiger partial charge in [0.15, 0.2) is 0 Å². The summed E-state index contributed by atoms with van der Waals surface area (Å²) in [4.78, 5) is 36.4. The van der Waals surface area contributed by atoms with Crippen molar-refractivity contribution in [3.05, 3.63) is 66.4 Å².